The van der Waals surface area contributed by atoms with Crippen molar-refractivity contribution in [3.05, 3.63) is 0 Å². The van der Waals surface area contributed by atoms with Gasteiger partial charge in [0, 0.05) is 16.8 Å². The Morgan fingerprint density at radius 2 is 2.00 bits per heavy atom. The van der Waals surface area contributed by atoms with E-state index < -0.39 is 0 Å². The second-order valence-electron chi connectivity index (χ2n) is 5.69. The molecule has 2 unspecified atom stereocenters. The van der Waals surface area contributed by atoms with E-state index in [0.717, 1.165) is 17.4 Å². The van der Waals surface area contributed by atoms with Gasteiger partial charge in [0.2, 0.25) is 0 Å². The summed E-state index contributed by atoms with van der Waals surface area (Å²) in [5.74, 6) is 0.768. The quantitative estimate of drug-likeness (QED) is 0.700. The van der Waals surface area contributed by atoms with E-state index in [1.165, 1.54) is 38.5 Å². The van der Waals surface area contributed by atoms with E-state index in [1.807, 2.05) is 0 Å². The molecule has 0 aromatic rings. The maximum absolute atomic E-state index is 6.07. The van der Waals surface area contributed by atoms with Crippen LogP contribution in [-0.2, 0) is 4.74 Å². The Balaban J connectivity index is 1.78. The summed E-state index contributed by atoms with van der Waals surface area (Å²) in [6.07, 6.45) is 8.59. The molecule has 0 saturated heterocycles. The van der Waals surface area contributed by atoms with E-state index in [4.69, 9.17) is 4.74 Å². The molecule has 2 aliphatic rings. The van der Waals surface area contributed by atoms with Crippen molar-refractivity contribution in [2.24, 2.45) is 11.3 Å². The van der Waals surface area contributed by atoms with Crippen molar-refractivity contribution < 1.29 is 4.74 Å². The number of hydrogen-bond acceptors (Lipinski definition) is 1. The largest absolute Gasteiger partial charge is 0.378 e. The van der Waals surface area contributed by atoms with Crippen LogP contribution in [0.25, 0.3) is 0 Å². The van der Waals surface area contributed by atoms with Crippen molar-refractivity contribution in [1.29, 1.82) is 0 Å². The average molecular weight is 275 g/mol. The molecule has 88 valence electrons. The van der Waals surface area contributed by atoms with Gasteiger partial charge >= 0.3 is 0 Å². The van der Waals surface area contributed by atoms with Gasteiger partial charge in [0.05, 0.1) is 6.10 Å². The SMILES string of the molecule is CC(C)CCOC1CC(Br)C12CCCC2. The van der Waals surface area contributed by atoms with Crippen LogP contribution in [0.4, 0.5) is 0 Å². The normalized spacial score (nSPS) is 33.6. The molecule has 2 saturated carbocycles. The fraction of sp³-hybridized carbons (Fsp3) is 1.00. The smallest absolute Gasteiger partial charge is 0.0652 e. The Labute approximate surface area is 102 Å². The molecule has 1 nitrogen and oxygen atoms in total. The minimum absolute atomic E-state index is 0.525. The van der Waals surface area contributed by atoms with Crippen LogP contribution in [-0.4, -0.2) is 17.5 Å². The van der Waals surface area contributed by atoms with Gasteiger partial charge in [0.15, 0.2) is 0 Å². The summed E-state index contributed by atoms with van der Waals surface area (Å²) < 4.78 is 6.07. The van der Waals surface area contributed by atoms with Crippen molar-refractivity contribution in [2.75, 3.05) is 6.61 Å². The number of alkyl halides is 1. The van der Waals surface area contributed by atoms with Crippen molar-refractivity contribution in [3.8, 4) is 0 Å². The topological polar surface area (TPSA) is 9.23 Å². The van der Waals surface area contributed by atoms with Gasteiger partial charge in [-0.15, -0.1) is 0 Å². The van der Waals surface area contributed by atoms with Gasteiger partial charge in [-0.2, -0.15) is 0 Å². The molecule has 2 aliphatic carbocycles. The third-order valence-corrected chi connectivity index (χ3v) is 5.52. The van der Waals surface area contributed by atoms with Crippen LogP contribution < -0.4 is 0 Å². The van der Waals surface area contributed by atoms with Crippen LogP contribution >= 0.6 is 15.9 Å². The monoisotopic (exact) mass is 274 g/mol. The molecule has 0 heterocycles. The Hall–Kier alpha value is 0.440. The zero-order valence-electron chi connectivity index (χ0n) is 9.97. The first-order valence-corrected chi connectivity index (χ1v) is 7.32. The van der Waals surface area contributed by atoms with E-state index >= 15 is 0 Å². The summed E-state index contributed by atoms with van der Waals surface area (Å²) in [5.41, 5.74) is 0.525. The minimum atomic E-state index is 0.525. The van der Waals surface area contributed by atoms with Crippen LogP contribution in [0, 0.1) is 11.3 Å². The Morgan fingerprint density at radius 3 is 2.53 bits per heavy atom. The van der Waals surface area contributed by atoms with Gasteiger partial charge < -0.3 is 4.74 Å². The van der Waals surface area contributed by atoms with Crippen LogP contribution in [0.1, 0.15) is 52.4 Å². The molecule has 2 fully saturated rings. The summed E-state index contributed by atoms with van der Waals surface area (Å²) in [6.45, 7) is 5.50. The molecule has 2 atom stereocenters. The molecule has 0 bridgehead atoms. The predicted molar refractivity (Wildman–Crippen MR) is 67.4 cm³/mol. The summed E-state index contributed by atoms with van der Waals surface area (Å²) >= 11 is 3.83. The van der Waals surface area contributed by atoms with E-state index in [1.54, 1.807) is 0 Å². The predicted octanol–water partition coefficient (Wildman–Crippen LogP) is 4.15. The highest BCUT2D eigenvalue weighted by Gasteiger charge is 2.55. The van der Waals surface area contributed by atoms with E-state index in [2.05, 4.69) is 29.8 Å². The highest BCUT2D eigenvalue weighted by atomic mass is 79.9. The fourth-order valence-corrected chi connectivity index (χ4v) is 4.14. The van der Waals surface area contributed by atoms with E-state index in [-0.39, 0.29) is 0 Å². The third-order valence-electron chi connectivity index (χ3n) is 4.23. The fourth-order valence-electron chi connectivity index (χ4n) is 3.05. The van der Waals surface area contributed by atoms with Crippen molar-refractivity contribution in [2.45, 2.75) is 63.3 Å². The molecule has 0 radical (unpaired) electrons. The summed E-state index contributed by atoms with van der Waals surface area (Å²) in [7, 11) is 0. The number of hydrogen-bond donors (Lipinski definition) is 0. The summed E-state index contributed by atoms with van der Waals surface area (Å²) in [6, 6.07) is 0. The number of halogens is 1. The lowest BCUT2D eigenvalue weighted by atomic mass is 9.64. The second kappa shape index (κ2) is 4.75. The molecule has 0 aliphatic heterocycles. The van der Waals surface area contributed by atoms with E-state index in [0.29, 0.717) is 11.5 Å². The Kier molecular flexibility index (Phi) is 3.77. The van der Waals surface area contributed by atoms with Crippen LogP contribution in [0.5, 0.6) is 0 Å². The number of rotatable bonds is 4. The first kappa shape index (κ1) is 11.9. The summed E-state index contributed by atoms with van der Waals surface area (Å²) in [5, 5.41) is 0. The second-order valence-corrected chi connectivity index (χ2v) is 6.79. The molecule has 0 N–H and O–H groups in total. The van der Waals surface area contributed by atoms with Gasteiger partial charge in [-0.05, 0) is 31.6 Å². The van der Waals surface area contributed by atoms with Crippen LogP contribution in [0.2, 0.25) is 0 Å². The molecule has 2 rings (SSSR count). The van der Waals surface area contributed by atoms with E-state index in [9.17, 15) is 0 Å². The highest BCUT2D eigenvalue weighted by Crippen LogP contribution is 2.57. The lowest BCUT2D eigenvalue weighted by Crippen LogP contribution is -2.54. The van der Waals surface area contributed by atoms with Crippen molar-refractivity contribution in [1.82, 2.24) is 0 Å². The molecule has 0 aromatic carbocycles. The van der Waals surface area contributed by atoms with Crippen molar-refractivity contribution in [3.63, 3.8) is 0 Å². The van der Waals surface area contributed by atoms with Gasteiger partial charge in [-0.25, -0.2) is 0 Å². The van der Waals surface area contributed by atoms with Crippen LogP contribution in [0.15, 0.2) is 0 Å². The maximum Gasteiger partial charge on any atom is 0.0652 e. The third kappa shape index (κ3) is 2.26. The molecule has 15 heavy (non-hydrogen) atoms. The standard InChI is InChI=1S/C13H23BrO/c1-10(2)5-8-15-12-9-11(14)13(12)6-3-4-7-13/h10-12H,3-9H2,1-2H3. The lowest BCUT2D eigenvalue weighted by molar-refractivity contribution is -0.102. The van der Waals surface area contributed by atoms with Crippen LogP contribution in [0.3, 0.4) is 0 Å². The molecule has 2 heteroatoms. The Morgan fingerprint density at radius 1 is 1.33 bits per heavy atom. The average Bonchev–Trinajstić information content (AvgIpc) is 2.67. The number of ether oxygens (including phenoxy) is 1. The molecular formula is C13H23BrO. The maximum atomic E-state index is 6.07. The zero-order valence-corrected chi connectivity index (χ0v) is 11.6. The molecule has 1 spiro atoms. The molecule has 0 amide bonds. The van der Waals surface area contributed by atoms with Gasteiger partial charge in [0.25, 0.3) is 0 Å². The molecular weight excluding hydrogens is 252 g/mol. The van der Waals surface area contributed by atoms with Gasteiger partial charge in [-0.1, -0.05) is 42.6 Å². The zero-order chi connectivity index (χ0) is 10.9. The first-order valence-electron chi connectivity index (χ1n) is 6.41. The van der Waals surface area contributed by atoms with Gasteiger partial charge in [0.1, 0.15) is 0 Å². The minimum Gasteiger partial charge on any atom is -0.378 e. The van der Waals surface area contributed by atoms with Gasteiger partial charge in [-0.3, -0.25) is 0 Å². The lowest BCUT2D eigenvalue weighted by Gasteiger charge is -2.51. The van der Waals surface area contributed by atoms with Crippen molar-refractivity contribution >= 4 is 15.9 Å². The molecule has 0 aromatic heterocycles. The first-order chi connectivity index (χ1) is 7.15. The Bertz CT molecular complexity index is 209. The summed E-state index contributed by atoms with van der Waals surface area (Å²) in [4.78, 5) is 0.733. The highest BCUT2D eigenvalue weighted by molar-refractivity contribution is 9.09.